The van der Waals surface area contributed by atoms with Gasteiger partial charge in [-0.15, -0.1) is 0 Å². The zero-order valence-corrected chi connectivity index (χ0v) is 19.9. The standard InChI is InChI=1S/C29H28N2O3/c1-20-10-12-23(13-11-20)28(33)25-9-6-16-31(25)19-21-17-24-8-5-7-22(27(24)30-18-21)14-15-26(32)34-29(2,3)4/h5-18H,19H2,1-4H3. The summed E-state index contributed by atoms with van der Waals surface area (Å²) in [5.74, 6) is -0.396. The van der Waals surface area contributed by atoms with Gasteiger partial charge < -0.3 is 9.30 Å². The van der Waals surface area contributed by atoms with E-state index in [1.807, 2.05) is 99.3 Å². The third-order valence-electron chi connectivity index (χ3n) is 5.33. The number of hydrogen-bond acceptors (Lipinski definition) is 4. The van der Waals surface area contributed by atoms with Crippen LogP contribution in [0.3, 0.4) is 0 Å². The van der Waals surface area contributed by atoms with Crippen molar-refractivity contribution in [2.24, 2.45) is 0 Å². The zero-order chi connectivity index (χ0) is 24.3. The van der Waals surface area contributed by atoms with Crippen molar-refractivity contribution in [3.8, 4) is 0 Å². The first kappa shape index (κ1) is 23.2. The van der Waals surface area contributed by atoms with Gasteiger partial charge in [0.15, 0.2) is 0 Å². The molecule has 0 aliphatic rings. The number of nitrogens with zero attached hydrogens (tertiary/aromatic N) is 2. The van der Waals surface area contributed by atoms with Crippen LogP contribution >= 0.6 is 0 Å². The fourth-order valence-corrected chi connectivity index (χ4v) is 3.75. The maximum absolute atomic E-state index is 13.0. The highest BCUT2D eigenvalue weighted by Gasteiger charge is 2.15. The minimum Gasteiger partial charge on any atom is -0.457 e. The van der Waals surface area contributed by atoms with Crippen LogP contribution in [-0.4, -0.2) is 26.9 Å². The van der Waals surface area contributed by atoms with Crippen LogP contribution in [-0.2, 0) is 16.1 Å². The first-order chi connectivity index (χ1) is 16.2. The van der Waals surface area contributed by atoms with Gasteiger partial charge in [-0.2, -0.15) is 0 Å². The predicted molar refractivity (Wildman–Crippen MR) is 135 cm³/mol. The highest BCUT2D eigenvalue weighted by molar-refractivity contribution is 6.08. The van der Waals surface area contributed by atoms with Gasteiger partial charge in [0.1, 0.15) is 5.60 Å². The molecule has 172 valence electrons. The van der Waals surface area contributed by atoms with E-state index in [4.69, 9.17) is 4.74 Å². The number of carbonyl (C=O) groups is 2. The normalized spacial score (nSPS) is 11.8. The number of ketones is 1. The first-order valence-electron chi connectivity index (χ1n) is 11.2. The fourth-order valence-electron chi connectivity index (χ4n) is 3.75. The molecule has 34 heavy (non-hydrogen) atoms. The van der Waals surface area contributed by atoms with E-state index in [0.29, 0.717) is 17.8 Å². The smallest absolute Gasteiger partial charge is 0.331 e. The lowest BCUT2D eigenvalue weighted by Crippen LogP contribution is -2.22. The summed E-state index contributed by atoms with van der Waals surface area (Å²) in [5, 5.41) is 0.961. The lowest BCUT2D eigenvalue weighted by molar-refractivity contribution is -0.148. The molecule has 5 heteroatoms. The summed E-state index contributed by atoms with van der Waals surface area (Å²) in [4.78, 5) is 29.7. The maximum Gasteiger partial charge on any atom is 0.331 e. The number of ether oxygens (including phenoxy) is 1. The second-order valence-corrected chi connectivity index (χ2v) is 9.35. The third kappa shape index (κ3) is 5.49. The number of benzene rings is 2. The van der Waals surface area contributed by atoms with Gasteiger partial charge in [-0.1, -0.05) is 48.0 Å². The molecule has 0 atom stereocenters. The number of rotatable bonds is 6. The quantitative estimate of drug-likeness (QED) is 0.205. The van der Waals surface area contributed by atoms with Crippen molar-refractivity contribution in [3.63, 3.8) is 0 Å². The SMILES string of the molecule is Cc1ccc(C(=O)c2cccn2Cc2cnc3c(C=CC(=O)OC(C)(C)C)cccc3c2)cc1. The highest BCUT2D eigenvalue weighted by Crippen LogP contribution is 2.21. The van der Waals surface area contributed by atoms with Crippen molar-refractivity contribution >= 4 is 28.7 Å². The second-order valence-electron chi connectivity index (χ2n) is 9.35. The Labute approximate surface area is 199 Å². The summed E-state index contributed by atoms with van der Waals surface area (Å²) in [6, 6.07) is 19.2. The van der Waals surface area contributed by atoms with Gasteiger partial charge in [-0.25, -0.2) is 4.79 Å². The molecule has 2 aromatic carbocycles. The van der Waals surface area contributed by atoms with Crippen LogP contribution in [0.2, 0.25) is 0 Å². The summed E-state index contributed by atoms with van der Waals surface area (Å²) in [6.45, 7) is 8.04. The molecule has 0 saturated carbocycles. The lowest BCUT2D eigenvalue weighted by Gasteiger charge is -2.17. The summed E-state index contributed by atoms with van der Waals surface area (Å²) < 4.78 is 7.28. The largest absolute Gasteiger partial charge is 0.457 e. The van der Waals surface area contributed by atoms with Crippen LogP contribution < -0.4 is 0 Å². The Morgan fingerprint density at radius 1 is 1.03 bits per heavy atom. The number of fused-ring (bicyclic) bond motifs is 1. The molecule has 0 radical (unpaired) electrons. The monoisotopic (exact) mass is 452 g/mol. The number of esters is 1. The Bertz CT molecular complexity index is 1370. The third-order valence-corrected chi connectivity index (χ3v) is 5.33. The molecule has 0 bridgehead atoms. The van der Waals surface area contributed by atoms with Gasteiger partial charge in [0.05, 0.1) is 11.2 Å². The summed E-state index contributed by atoms with van der Waals surface area (Å²) >= 11 is 0. The molecular formula is C29H28N2O3. The van der Waals surface area contributed by atoms with E-state index in [-0.39, 0.29) is 11.8 Å². The zero-order valence-electron chi connectivity index (χ0n) is 19.9. The minimum absolute atomic E-state index is 0.00619. The molecule has 5 nitrogen and oxygen atoms in total. The topological polar surface area (TPSA) is 61.2 Å². The number of pyridine rings is 1. The first-order valence-corrected chi connectivity index (χ1v) is 11.2. The average Bonchev–Trinajstić information content (AvgIpc) is 3.24. The van der Waals surface area contributed by atoms with E-state index >= 15 is 0 Å². The van der Waals surface area contributed by atoms with Crippen molar-refractivity contribution in [2.75, 3.05) is 0 Å². The Morgan fingerprint density at radius 2 is 1.79 bits per heavy atom. The van der Waals surface area contributed by atoms with Crippen LogP contribution in [0.4, 0.5) is 0 Å². The van der Waals surface area contributed by atoms with Crippen LogP contribution in [0.15, 0.2) is 79.1 Å². The molecule has 0 unspecified atom stereocenters. The molecule has 4 aromatic rings. The van der Waals surface area contributed by atoms with E-state index in [0.717, 1.165) is 27.6 Å². The van der Waals surface area contributed by atoms with Crippen molar-refractivity contribution in [1.82, 2.24) is 9.55 Å². The van der Waals surface area contributed by atoms with Crippen LogP contribution in [0, 0.1) is 6.92 Å². The van der Waals surface area contributed by atoms with E-state index in [2.05, 4.69) is 11.1 Å². The fraction of sp³-hybridized carbons (Fsp3) is 0.207. The van der Waals surface area contributed by atoms with Gasteiger partial charge in [-0.05, 0) is 57.5 Å². The molecule has 0 spiro atoms. The molecular weight excluding hydrogens is 424 g/mol. The predicted octanol–water partition coefficient (Wildman–Crippen LogP) is 5.98. The lowest BCUT2D eigenvalue weighted by atomic mass is 10.1. The summed E-state index contributed by atoms with van der Waals surface area (Å²) in [7, 11) is 0. The number of carbonyl (C=O) groups excluding carboxylic acids is 2. The van der Waals surface area contributed by atoms with Gasteiger partial charge in [0.25, 0.3) is 0 Å². The second kappa shape index (κ2) is 9.48. The van der Waals surface area contributed by atoms with Crippen molar-refractivity contribution in [3.05, 3.63) is 107 Å². The van der Waals surface area contributed by atoms with Gasteiger partial charge in [0, 0.05) is 41.5 Å². The van der Waals surface area contributed by atoms with Gasteiger partial charge >= 0.3 is 5.97 Å². The molecule has 4 rings (SSSR count). The molecule has 0 aliphatic heterocycles. The average molecular weight is 453 g/mol. The number of para-hydroxylation sites is 1. The minimum atomic E-state index is -0.536. The number of hydrogen-bond donors (Lipinski definition) is 0. The Balaban J connectivity index is 1.56. The van der Waals surface area contributed by atoms with E-state index in [1.165, 1.54) is 6.08 Å². The van der Waals surface area contributed by atoms with Crippen molar-refractivity contribution in [2.45, 2.75) is 39.8 Å². The number of aryl methyl sites for hydroxylation is 1. The van der Waals surface area contributed by atoms with Crippen LogP contribution in [0.25, 0.3) is 17.0 Å². The van der Waals surface area contributed by atoms with Crippen molar-refractivity contribution in [1.29, 1.82) is 0 Å². The molecule has 2 heterocycles. The summed E-state index contributed by atoms with van der Waals surface area (Å²) in [6.07, 6.45) is 6.88. The maximum atomic E-state index is 13.0. The van der Waals surface area contributed by atoms with E-state index in [1.54, 1.807) is 6.08 Å². The molecule has 2 aromatic heterocycles. The van der Waals surface area contributed by atoms with E-state index in [9.17, 15) is 9.59 Å². The van der Waals surface area contributed by atoms with E-state index < -0.39 is 5.60 Å². The van der Waals surface area contributed by atoms with Gasteiger partial charge in [-0.3, -0.25) is 9.78 Å². The summed E-state index contributed by atoms with van der Waals surface area (Å²) in [5.41, 5.74) is 4.51. The van der Waals surface area contributed by atoms with Gasteiger partial charge in [0.2, 0.25) is 5.78 Å². The van der Waals surface area contributed by atoms with Crippen molar-refractivity contribution < 1.29 is 14.3 Å². The molecule has 0 N–H and O–H groups in total. The Kier molecular flexibility index (Phi) is 6.46. The molecule has 0 saturated heterocycles. The van der Waals surface area contributed by atoms with Crippen LogP contribution in [0.5, 0.6) is 0 Å². The number of aromatic nitrogens is 2. The Morgan fingerprint density at radius 3 is 2.53 bits per heavy atom. The van der Waals surface area contributed by atoms with Crippen LogP contribution in [0.1, 0.15) is 53.5 Å². The molecule has 0 fully saturated rings. The Hall–Kier alpha value is -3.99. The molecule has 0 aliphatic carbocycles. The molecule has 0 amide bonds. The highest BCUT2D eigenvalue weighted by atomic mass is 16.6.